The number of carbonyl (C=O) groups excluding carboxylic acids is 1. The Morgan fingerprint density at radius 2 is 1.82 bits per heavy atom. The second-order valence-electron chi connectivity index (χ2n) is 7.57. The quantitative estimate of drug-likeness (QED) is 0.698. The van der Waals surface area contributed by atoms with E-state index in [1.54, 1.807) is 14.2 Å². The van der Waals surface area contributed by atoms with Crippen LogP contribution in [0.5, 0.6) is 11.5 Å². The number of ether oxygens (including phenoxy) is 2. The van der Waals surface area contributed by atoms with E-state index in [1.807, 2.05) is 44.3 Å². The third-order valence-electron chi connectivity index (χ3n) is 4.94. The Labute approximate surface area is 168 Å². The molecule has 1 unspecified atom stereocenters. The molecule has 1 atom stereocenters. The van der Waals surface area contributed by atoms with Crippen LogP contribution >= 0.6 is 0 Å². The van der Waals surface area contributed by atoms with Crippen LogP contribution in [0.25, 0.3) is 0 Å². The molecule has 0 aliphatic rings. The minimum absolute atomic E-state index is 0.0426. The van der Waals surface area contributed by atoms with Gasteiger partial charge in [-0.2, -0.15) is 0 Å². The Morgan fingerprint density at radius 1 is 1.11 bits per heavy atom. The molecule has 1 amide bonds. The Hall–Kier alpha value is -2.53. The highest BCUT2D eigenvalue weighted by atomic mass is 16.5. The zero-order chi connectivity index (χ0) is 20.7. The lowest BCUT2D eigenvalue weighted by atomic mass is 9.98. The fourth-order valence-corrected chi connectivity index (χ4v) is 3.28. The Balaban J connectivity index is 1.93. The minimum Gasteiger partial charge on any atom is -0.493 e. The summed E-state index contributed by atoms with van der Waals surface area (Å²) in [6, 6.07) is 12.1. The number of aryl methyl sites for hydroxylation is 1. The fraction of sp³-hybridized carbons (Fsp3) is 0.435. The molecule has 0 radical (unpaired) electrons. The first-order valence-electron chi connectivity index (χ1n) is 9.77. The molecular weight excluding hydrogens is 352 g/mol. The molecule has 0 fully saturated rings. The van der Waals surface area contributed by atoms with Crippen molar-refractivity contribution in [3.8, 4) is 11.5 Å². The number of hydrogen-bond donors (Lipinski definition) is 2. The van der Waals surface area contributed by atoms with Crippen LogP contribution < -0.4 is 19.7 Å². The summed E-state index contributed by atoms with van der Waals surface area (Å²) in [7, 11) is 5.31. The van der Waals surface area contributed by atoms with Crippen LogP contribution in [0.4, 0.5) is 5.69 Å². The third-order valence-corrected chi connectivity index (χ3v) is 4.94. The van der Waals surface area contributed by atoms with Crippen LogP contribution in [0.2, 0.25) is 0 Å². The highest BCUT2D eigenvalue weighted by molar-refractivity contribution is 5.93. The maximum atomic E-state index is 12.6. The van der Waals surface area contributed by atoms with E-state index in [9.17, 15) is 4.79 Å². The number of hydrogen-bond acceptors (Lipinski definition) is 3. The van der Waals surface area contributed by atoms with Crippen LogP contribution in [0.3, 0.4) is 0 Å². The number of likely N-dealkylation sites (N-methyl/N-ethyl adjacent to an activating group) is 1. The van der Waals surface area contributed by atoms with Gasteiger partial charge in [0.2, 0.25) is 0 Å². The summed E-state index contributed by atoms with van der Waals surface area (Å²) in [5, 5.41) is 3.13. The monoisotopic (exact) mass is 385 g/mol. The Morgan fingerprint density at radius 3 is 2.46 bits per heavy atom. The van der Waals surface area contributed by atoms with Crippen LogP contribution in [0, 0.1) is 6.92 Å². The van der Waals surface area contributed by atoms with Crippen molar-refractivity contribution in [2.24, 2.45) is 0 Å². The van der Waals surface area contributed by atoms with Crippen LogP contribution in [0.1, 0.15) is 36.5 Å². The summed E-state index contributed by atoms with van der Waals surface area (Å²) in [5.74, 6) is 1.87. The number of quaternary nitrogens is 1. The van der Waals surface area contributed by atoms with Gasteiger partial charge in [0.1, 0.15) is 0 Å². The molecule has 2 aromatic rings. The van der Waals surface area contributed by atoms with Gasteiger partial charge in [0.05, 0.1) is 27.8 Å². The zero-order valence-corrected chi connectivity index (χ0v) is 17.9. The van der Waals surface area contributed by atoms with E-state index in [-0.39, 0.29) is 5.91 Å². The van der Waals surface area contributed by atoms with Gasteiger partial charge in [0, 0.05) is 12.1 Å². The summed E-state index contributed by atoms with van der Waals surface area (Å²) in [6.45, 7) is 7.61. The molecule has 2 N–H and O–H groups in total. The average molecular weight is 386 g/mol. The molecule has 0 spiro atoms. The normalized spacial score (nSPS) is 12.0. The first-order valence-corrected chi connectivity index (χ1v) is 9.77. The molecule has 0 heterocycles. The molecule has 0 aliphatic heterocycles. The Kier molecular flexibility index (Phi) is 7.88. The van der Waals surface area contributed by atoms with E-state index in [2.05, 4.69) is 25.2 Å². The molecule has 0 saturated heterocycles. The summed E-state index contributed by atoms with van der Waals surface area (Å²) < 4.78 is 10.6. The molecule has 2 aromatic carbocycles. The van der Waals surface area contributed by atoms with Gasteiger partial charge in [0.25, 0.3) is 5.91 Å². The SMILES string of the molecule is COc1ccc(CC[NH+](C)CC(=O)Nc2c(C)cccc2C(C)C)cc1OC. The minimum atomic E-state index is 0.0426. The van der Waals surface area contributed by atoms with Gasteiger partial charge in [-0.25, -0.2) is 0 Å². The number of benzene rings is 2. The van der Waals surface area contributed by atoms with E-state index < -0.39 is 0 Å². The standard InChI is InChI=1S/C23H32N2O3/c1-16(2)19-9-7-8-17(3)23(19)24-22(26)15-25(4)13-12-18-10-11-20(27-5)21(14-18)28-6/h7-11,14,16H,12-13,15H2,1-6H3,(H,24,26)/p+1. The lowest BCUT2D eigenvalue weighted by Gasteiger charge is -2.18. The molecule has 2 rings (SSSR count). The number of nitrogens with one attached hydrogen (secondary N) is 2. The van der Waals surface area contributed by atoms with E-state index in [0.29, 0.717) is 12.5 Å². The van der Waals surface area contributed by atoms with Crippen molar-refractivity contribution in [1.82, 2.24) is 0 Å². The molecule has 0 saturated carbocycles. The van der Waals surface area contributed by atoms with E-state index >= 15 is 0 Å². The largest absolute Gasteiger partial charge is 0.493 e. The molecule has 5 nitrogen and oxygen atoms in total. The lowest BCUT2D eigenvalue weighted by molar-refractivity contribution is -0.870. The maximum absolute atomic E-state index is 12.6. The van der Waals surface area contributed by atoms with Gasteiger partial charge in [-0.05, 0) is 41.7 Å². The topological polar surface area (TPSA) is 52.0 Å². The zero-order valence-electron chi connectivity index (χ0n) is 17.9. The van der Waals surface area contributed by atoms with Gasteiger partial charge in [-0.15, -0.1) is 0 Å². The van der Waals surface area contributed by atoms with Gasteiger partial charge in [0.15, 0.2) is 18.0 Å². The average Bonchev–Trinajstić information content (AvgIpc) is 2.67. The molecule has 152 valence electrons. The number of anilines is 1. The van der Waals surface area contributed by atoms with Gasteiger partial charge in [-0.3, -0.25) is 4.79 Å². The Bertz CT molecular complexity index is 802. The fourth-order valence-electron chi connectivity index (χ4n) is 3.28. The number of rotatable bonds is 9. The van der Waals surface area contributed by atoms with E-state index in [1.165, 1.54) is 11.1 Å². The van der Waals surface area contributed by atoms with Crippen molar-refractivity contribution in [3.05, 3.63) is 53.1 Å². The van der Waals surface area contributed by atoms with E-state index in [0.717, 1.165) is 40.6 Å². The van der Waals surface area contributed by atoms with Crippen molar-refractivity contribution >= 4 is 11.6 Å². The number of carbonyl (C=O) groups is 1. The van der Waals surface area contributed by atoms with Gasteiger partial charge < -0.3 is 19.7 Å². The molecule has 0 aromatic heterocycles. The van der Waals surface area contributed by atoms with Crippen molar-refractivity contribution in [2.45, 2.75) is 33.1 Å². The summed E-state index contributed by atoms with van der Waals surface area (Å²) in [6.07, 6.45) is 0.862. The first kappa shape index (κ1) is 21.8. The summed E-state index contributed by atoms with van der Waals surface area (Å²) >= 11 is 0. The number of amides is 1. The van der Waals surface area contributed by atoms with Crippen molar-refractivity contribution < 1.29 is 19.2 Å². The van der Waals surface area contributed by atoms with Crippen molar-refractivity contribution in [3.63, 3.8) is 0 Å². The van der Waals surface area contributed by atoms with Gasteiger partial charge >= 0.3 is 0 Å². The second kappa shape index (κ2) is 10.1. The molecule has 5 heteroatoms. The third kappa shape index (κ3) is 5.73. The maximum Gasteiger partial charge on any atom is 0.279 e. The van der Waals surface area contributed by atoms with Crippen molar-refractivity contribution in [1.29, 1.82) is 0 Å². The van der Waals surface area contributed by atoms with Crippen LogP contribution in [-0.4, -0.2) is 40.3 Å². The molecule has 0 aliphatic carbocycles. The number of para-hydroxylation sites is 1. The van der Waals surface area contributed by atoms with Crippen LogP contribution in [-0.2, 0) is 11.2 Å². The summed E-state index contributed by atoms with van der Waals surface area (Å²) in [5.41, 5.74) is 4.40. The predicted octanol–water partition coefficient (Wildman–Crippen LogP) is 2.83. The van der Waals surface area contributed by atoms with E-state index in [4.69, 9.17) is 9.47 Å². The molecule has 28 heavy (non-hydrogen) atoms. The van der Waals surface area contributed by atoms with Gasteiger partial charge in [-0.1, -0.05) is 38.1 Å². The molecule has 0 bridgehead atoms. The lowest BCUT2D eigenvalue weighted by Crippen LogP contribution is -3.10. The highest BCUT2D eigenvalue weighted by Gasteiger charge is 2.15. The molecular formula is C23H33N2O3+. The highest BCUT2D eigenvalue weighted by Crippen LogP contribution is 2.28. The predicted molar refractivity (Wildman–Crippen MR) is 114 cm³/mol. The first-order chi connectivity index (χ1) is 13.3. The van der Waals surface area contributed by atoms with Crippen LogP contribution in [0.15, 0.2) is 36.4 Å². The smallest absolute Gasteiger partial charge is 0.279 e. The van der Waals surface area contributed by atoms with Crippen molar-refractivity contribution in [2.75, 3.05) is 39.7 Å². The summed E-state index contributed by atoms with van der Waals surface area (Å²) in [4.78, 5) is 13.7. The second-order valence-corrected chi connectivity index (χ2v) is 7.57. The number of methoxy groups -OCH3 is 2.